The van der Waals surface area contributed by atoms with Crippen LogP contribution in [-0.4, -0.2) is 28.3 Å². The van der Waals surface area contributed by atoms with Crippen LogP contribution in [0.25, 0.3) is 6.08 Å². The number of benzene rings is 1. The molecular formula is C20H23N3O5. The highest BCUT2D eigenvalue weighted by atomic mass is 16.5. The van der Waals surface area contributed by atoms with Crippen molar-refractivity contribution in [1.82, 2.24) is 9.13 Å². The van der Waals surface area contributed by atoms with Crippen molar-refractivity contribution < 1.29 is 14.3 Å². The fourth-order valence-electron chi connectivity index (χ4n) is 3.29. The second-order valence-corrected chi connectivity index (χ2v) is 6.31. The van der Waals surface area contributed by atoms with Gasteiger partial charge in [-0.25, -0.2) is 9.59 Å². The number of hydrogen-bond donors (Lipinski definition) is 0. The van der Waals surface area contributed by atoms with Gasteiger partial charge in [0.1, 0.15) is 5.75 Å². The average molecular weight is 385 g/mol. The lowest BCUT2D eigenvalue weighted by Gasteiger charge is -2.33. The van der Waals surface area contributed by atoms with Gasteiger partial charge < -0.3 is 14.4 Å². The van der Waals surface area contributed by atoms with Gasteiger partial charge in [0.05, 0.1) is 24.5 Å². The first-order valence-corrected chi connectivity index (χ1v) is 9.06. The van der Waals surface area contributed by atoms with Crippen molar-refractivity contribution in [3.8, 4) is 5.75 Å². The largest absolute Gasteiger partial charge is 0.494 e. The Bertz CT molecular complexity index is 1030. The van der Waals surface area contributed by atoms with E-state index in [0.29, 0.717) is 23.7 Å². The van der Waals surface area contributed by atoms with Crippen LogP contribution in [0.3, 0.4) is 0 Å². The Morgan fingerprint density at radius 2 is 1.71 bits per heavy atom. The fourth-order valence-corrected chi connectivity index (χ4v) is 3.29. The van der Waals surface area contributed by atoms with Gasteiger partial charge in [0.15, 0.2) is 6.04 Å². The summed E-state index contributed by atoms with van der Waals surface area (Å²) in [5.41, 5.74) is 0.328. The summed E-state index contributed by atoms with van der Waals surface area (Å²) in [7, 11) is 2.96. The first-order valence-electron chi connectivity index (χ1n) is 9.06. The van der Waals surface area contributed by atoms with Gasteiger partial charge in [-0.1, -0.05) is 0 Å². The molecule has 148 valence electrons. The highest BCUT2D eigenvalue weighted by molar-refractivity contribution is 5.86. The van der Waals surface area contributed by atoms with Crippen LogP contribution in [0.2, 0.25) is 0 Å². The molecule has 0 bridgehead atoms. The van der Waals surface area contributed by atoms with E-state index in [4.69, 9.17) is 9.47 Å². The Balaban J connectivity index is 2.18. The molecule has 8 nitrogen and oxygen atoms in total. The van der Waals surface area contributed by atoms with Crippen LogP contribution >= 0.6 is 0 Å². The highest BCUT2D eigenvalue weighted by Gasteiger charge is 2.36. The number of nitrogens with zero attached hydrogens (tertiary/aromatic N) is 3. The average Bonchev–Trinajstić information content (AvgIpc) is 2.70. The van der Waals surface area contributed by atoms with E-state index in [9.17, 15) is 14.4 Å². The summed E-state index contributed by atoms with van der Waals surface area (Å²) >= 11 is 0. The summed E-state index contributed by atoms with van der Waals surface area (Å²) < 4.78 is 13.1. The van der Waals surface area contributed by atoms with Crippen molar-refractivity contribution in [2.24, 2.45) is 14.1 Å². The third-order valence-corrected chi connectivity index (χ3v) is 4.65. The second-order valence-electron chi connectivity index (χ2n) is 6.31. The summed E-state index contributed by atoms with van der Waals surface area (Å²) in [5.74, 6) is 0.149. The molecule has 0 aliphatic carbocycles. The van der Waals surface area contributed by atoms with E-state index in [1.807, 2.05) is 6.92 Å². The zero-order valence-corrected chi connectivity index (χ0v) is 16.3. The van der Waals surface area contributed by atoms with E-state index in [2.05, 4.69) is 0 Å². The van der Waals surface area contributed by atoms with E-state index in [-0.39, 0.29) is 12.2 Å². The van der Waals surface area contributed by atoms with Gasteiger partial charge in [-0.3, -0.25) is 13.9 Å². The molecular weight excluding hydrogens is 362 g/mol. The summed E-state index contributed by atoms with van der Waals surface area (Å²) in [6.07, 6.45) is 3.34. The molecule has 2 aromatic rings. The van der Waals surface area contributed by atoms with E-state index in [0.717, 1.165) is 4.57 Å². The van der Waals surface area contributed by atoms with Gasteiger partial charge in [0, 0.05) is 26.0 Å². The van der Waals surface area contributed by atoms with Gasteiger partial charge in [0.2, 0.25) is 0 Å². The van der Waals surface area contributed by atoms with Gasteiger partial charge in [-0.05, 0) is 44.2 Å². The molecule has 1 aliphatic rings. The molecule has 1 aromatic carbocycles. The maximum absolute atomic E-state index is 12.9. The van der Waals surface area contributed by atoms with Crippen molar-refractivity contribution >= 4 is 17.7 Å². The predicted molar refractivity (Wildman–Crippen MR) is 105 cm³/mol. The van der Waals surface area contributed by atoms with E-state index < -0.39 is 23.3 Å². The minimum Gasteiger partial charge on any atom is -0.494 e. The molecule has 3 rings (SSSR count). The van der Waals surface area contributed by atoms with Crippen molar-refractivity contribution in [2.75, 3.05) is 18.1 Å². The number of carbonyl (C=O) groups is 1. The molecule has 0 saturated heterocycles. The molecule has 2 heterocycles. The van der Waals surface area contributed by atoms with Gasteiger partial charge in [-0.15, -0.1) is 0 Å². The van der Waals surface area contributed by atoms with Gasteiger partial charge in [-0.2, -0.15) is 0 Å². The molecule has 0 saturated carbocycles. The lowest BCUT2D eigenvalue weighted by atomic mass is 10.00. The molecule has 1 aliphatic heterocycles. The van der Waals surface area contributed by atoms with Crippen molar-refractivity contribution in [3.63, 3.8) is 0 Å². The highest BCUT2D eigenvalue weighted by Crippen LogP contribution is 2.33. The Hall–Kier alpha value is -3.29. The minimum absolute atomic E-state index is 0.178. The molecule has 28 heavy (non-hydrogen) atoms. The van der Waals surface area contributed by atoms with Crippen LogP contribution < -0.4 is 20.9 Å². The Labute approximate surface area is 162 Å². The number of fused-ring (bicyclic) bond motifs is 1. The van der Waals surface area contributed by atoms with Gasteiger partial charge in [0.25, 0.3) is 5.56 Å². The van der Waals surface area contributed by atoms with Crippen molar-refractivity contribution in [3.05, 3.63) is 62.6 Å². The molecule has 0 amide bonds. The standard InChI is InChI=1S/C20H23N3O5/c1-5-27-14-9-7-13(8-10-14)23-12-11-15-16(17(23)19(25)28-6-2)18(24)22(4)20(26)21(15)3/h7-12,17H,5-6H2,1-4H3. The van der Waals surface area contributed by atoms with Crippen LogP contribution in [0, 0.1) is 0 Å². The van der Waals surface area contributed by atoms with Crippen LogP contribution in [0.1, 0.15) is 31.1 Å². The zero-order valence-electron chi connectivity index (χ0n) is 16.3. The minimum atomic E-state index is -0.997. The topological polar surface area (TPSA) is 82.8 Å². The third-order valence-electron chi connectivity index (χ3n) is 4.65. The molecule has 1 atom stereocenters. The molecule has 0 fully saturated rings. The maximum Gasteiger partial charge on any atom is 0.334 e. The summed E-state index contributed by atoms with van der Waals surface area (Å²) in [4.78, 5) is 39.6. The molecule has 1 aromatic heterocycles. The lowest BCUT2D eigenvalue weighted by Crippen LogP contribution is -2.46. The smallest absolute Gasteiger partial charge is 0.334 e. The number of esters is 1. The SMILES string of the molecule is CCOC(=O)C1c2c(n(C)c(=O)n(C)c2=O)C=CN1c1ccc(OCC)cc1. The number of anilines is 1. The van der Waals surface area contributed by atoms with Crippen molar-refractivity contribution in [2.45, 2.75) is 19.9 Å². The Kier molecular flexibility index (Phi) is 5.39. The van der Waals surface area contributed by atoms with E-state index in [1.54, 1.807) is 55.4 Å². The van der Waals surface area contributed by atoms with Crippen LogP contribution in [0.4, 0.5) is 5.69 Å². The monoisotopic (exact) mass is 385 g/mol. The first kappa shape index (κ1) is 19.5. The van der Waals surface area contributed by atoms with E-state index >= 15 is 0 Å². The maximum atomic E-state index is 12.9. The second kappa shape index (κ2) is 7.75. The first-order chi connectivity index (χ1) is 13.4. The Morgan fingerprint density at radius 1 is 1.04 bits per heavy atom. The van der Waals surface area contributed by atoms with Crippen LogP contribution in [0.5, 0.6) is 5.75 Å². The molecule has 0 spiro atoms. The molecule has 0 radical (unpaired) electrons. The van der Waals surface area contributed by atoms with Crippen molar-refractivity contribution in [1.29, 1.82) is 0 Å². The summed E-state index contributed by atoms with van der Waals surface area (Å²) in [6, 6.07) is 6.20. The molecule has 1 unspecified atom stereocenters. The number of ether oxygens (including phenoxy) is 2. The number of aromatic nitrogens is 2. The summed E-state index contributed by atoms with van der Waals surface area (Å²) in [5, 5.41) is 0. The zero-order chi connectivity index (χ0) is 20.4. The Morgan fingerprint density at radius 3 is 2.32 bits per heavy atom. The fraction of sp³-hybridized carbons (Fsp3) is 0.350. The molecule has 8 heteroatoms. The van der Waals surface area contributed by atoms with Gasteiger partial charge >= 0.3 is 11.7 Å². The number of rotatable bonds is 5. The number of carbonyl (C=O) groups excluding carboxylic acids is 1. The third kappa shape index (κ3) is 3.21. The van der Waals surface area contributed by atoms with Crippen LogP contribution in [-0.2, 0) is 23.6 Å². The van der Waals surface area contributed by atoms with Crippen LogP contribution in [0.15, 0.2) is 40.1 Å². The molecule has 0 N–H and O–H groups in total. The quantitative estimate of drug-likeness (QED) is 0.727. The predicted octanol–water partition coefficient (Wildman–Crippen LogP) is 1.58. The lowest BCUT2D eigenvalue weighted by molar-refractivity contribution is -0.144. The normalized spacial score (nSPS) is 15.3. The van der Waals surface area contributed by atoms with E-state index in [1.165, 1.54) is 11.6 Å². The summed E-state index contributed by atoms with van der Waals surface area (Å²) in [6.45, 7) is 4.33. The number of hydrogen-bond acceptors (Lipinski definition) is 6.